The summed E-state index contributed by atoms with van der Waals surface area (Å²) in [7, 11) is 0. The lowest BCUT2D eigenvalue weighted by Crippen LogP contribution is -2.49. The van der Waals surface area contributed by atoms with Crippen LogP contribution >= 0.6 is 11.3 Å². The minimum absolute atomic E-state index is 0.0697. The zero-order valence-corrected chi connectivity index (χ0v) is 13.5. The molecule has 6 nitrogen and oxygen atoms in total. The first kappa shape index (κ1) is 15.9. The number of nitrogens with zero attached hydrogens (tertiary/aromatic N) is 2. The lowest BCUT2D eigenvalue weighted by molar-refractivity contribution is 0.0532. The van der Waals surface area contributed by atoms with Crippen molar-refractivity contribution in [1.82, 2.24) is 14.8 Å². The summed E-state index contributed by atoms with van der Waals surface area (Å²) < 4.78 is 0. The smallest absolute Gasteiger partial charge is 0.255 e. The van der Waals surface area contributed by atoms with Crippen LogP contribution in [0.2, 0.25) is 0 Å². The van der Waals surface area contributed by atoms with Crippen LogP contribution in [-0.4, -0.2) is 58.5 Å². The molecule has 7 heteroatoms. The van der Waals surface area contributed by atoms with Gasteiger partial charge in [0.2, 0.25) is 5.56 Å². The van der Waals surface area contributed by atoms with Gasteiger partial charge in [0, 0.05) is 49.9 Å². The quantitative estimate of drug-likeness (QED) is 0.873. The summed E-state index contributed by atoms with van der Waals surface area (Å²) in [6, 6.07) is 6.78. The van der Waals surface area contributed by atoms with Crippen molar-refractivity contribution in [3.8, 4) is 0 Å². The number of rotatable bonds is 4. The van der Waals surface area contributed by atoms with Gasteiger partial charge in [-0.3, -0.25) is 14.5 Å². The molecule has 0 aromatic carbocycles. The molecular formula is C16H19N3O3S. The van der Waals surface area contributed by atoms with Crippen molar-refractivity contribution in [2.75, 3.05) is 32.7 Å². The number of carbonyl (C=O) groups excluding carboxylic acids is 1. The van der Waals surface area contributed by atoms with E-state index in [9.17, 15) is 14.7 Å². The van der Waals surface area contributed by atoms with Crippen molar-refractivity contribution >= 4 is 17.2 Å². The summed E-state index contributed by atoms with van der Waals surface area (Å²) >= 11 is 1.55. The molecule has 1 atom stereocenters. The molecule has 1 unspecified atom stereocenters. The Morgan fingerprint density at radius 1 is 1.26 bits per heavy atom. The Morgan fingerprint density at radius 3 is 2.65 bits per heavy atom. The van der Waals surface area contributed by atoms with Crippen molar-refractivity contribution < 1.29 is 9.90 Å². The van der Waals surface area contributed by atoms with Crippen LogP contribution in [0, 0.1) is 0 Å². The van der Waals surface area contributed by atoms with Crippen LogP contribution in [0.25, 0.3) is 0 Å². The van der Waals surface area contributed by atoms with Gasteiger partial charge in [-0.1, -0.05) is 6.07 Å². The Balaban J connectivity index is 1.53. The molecule has 2 N–H and O–H groups in total. The lowest BCUT2D eigenvalue weighted by Gasteiger charge is -2.35. The Bertz CT molecular complexity index is 685. The first-order chi connectivity index (χ1) is 11.1. The van der Waals surface area contributed by atoms with Gasteiger partial charge in [0.05, 0.1) is 5.56 Å². The lowest BCUT2D eigenvalue weighted by atomic mass is 10.2. The number of pyridine rings is 1. The highest BCUT2D eigenvalue weighted by atomic mass is 32.1. The molecule has 1 aliphatic rings. The predicted octanol–water partition coefficient (Wildman–Crippen LogP) is 0.928. The molecular weight excluding hydrogens is 314 g/mol. The van der Waals surface area contributed by atoms with E-state index in [0.29, 0.717) is 25.2 Å². The monoisotopic (exact) mass is 333 g/mol. The summed E-state index contributed by atoms with van der Waals surface area (Å²) in [5, 5.41) is 12.2. The largest absolute Gasteiger partial charge is 0.386 e. The van der Waals surface area contributed by atoms with E-state index in [1.54, 1.807) is 22.3 Å². The highest BCUT2D eigenvalue weighted by Crippen LogP contribution is 2.20. The molecule has 23 heavy (non-hydrogen) atoms. The van der Waals surface area contributed by atoms with E-state index in [4.69, 9.17) is 0 Å². The number of nitrogens with one attached hydrogen (secondary N) is 1. The number of aliphatic hydroxyl groups excluding tert-OH is 1. The van der Waals surface area contributed by atoms with E-state index in [1.165, 1.54) is 12.3 Å². The summed E-state index contributed by atoms with van der Waals surface area (Å²) in [5.41, 5.74) is 0.283. The van der Waals surface area contributed by atoms with Gasteiger partial charge >= 0.3 is 0 Å². The molecule has 0 saturated carbocycles. The van der Waals surface area contributed by atoms with Gasteiger partial charge in [0.1, 0.15) is 6.10 Å². The van der Waals surface area contributed by atoms with Gasteiger partial charge in [-0.25, -0.2) is 0 Å². The molecule has 1 aliphatic heterocycles. The maximum absolute atomic E-state index is 12.4. The van der Waals surface area contributed by atoms with Crippen LogP contribution in [0.15, 0.2) is 40.6 Å². The molecule has 0 radical (unpaired) electrons. The average molecular weight is 333 g/mol. The minimum atomic E-state index is -0.476. The van der Waals surface area contributed by atoms with Gasteiger partial charge in [-0.05, 0) is 17.5 Å². The number of amides is 1. The summed E-state index contributed by atoms with van der Waals surface area (Å²) in [6.45, 7) is 3.29. The third kappa shape index (κ3) is 3.87. The second-order valence-corrected chi connectivity index (χ2v) is 6.54. The van der Waals surface area contributed by atoms with Crippen molar-refractivity contribution in [2.24, 2.45) is 0 Å². The summed E-state index contributed by atoms with van der Waals surface area (Å²) in [6.07, 6.45) is 0.980. The molecule has 1 fully saturated rings. The Kier molecular flexibility index (Phi) is 4.90. The molecule has 0 bridgehead atoms. The van der Waals surface area contributed by atoms with Crippen molar-refractivity contribution in [3.05, 3.63) is 56.6 Å². The van der Waals surface area contributed by atoms with Crippen LogP contribution in [0.4, 0.5) is 0 Å². The second kappa shape index (κ2) is 7.08. The molecule has 2 aromatic heterocycles. The van der Waals surface area contributed by atoms with Crippen LogP contribution in [0.1, 0.15) is 21.3 Å². The van der Waals surface area contributed by atoms with Gasteiger partial charge < -0.3 is 15.0 Å². The SMILES string of the molecule is O=C(c1ccc(=O)[nH]c1)N1CCN(CC(O)c2cccs2)CC1. The zero-order valence-electron chi connectivity index (χ0n) is 12.6. The number of hydrogen-bond acceptors (Lipinski definition) is 5. The van der Waals surface area contributed by atoms with E-state index in [1.807, 2.05) is 17.5 Å². The molecule has 3 heterocycles. The second-order valence-electron chi connectivity index (χ2n) is 5.57. The van der Waals surface area contributed by atoms with Crippen LogP contribution < -0.4 is 5.56 Å². The van der Waals surface area contributed by atoms with Crippen LogP contribution in [0.3, 0.4) is 0 Å². The van der Waals surface area contributed by atoms with Crippen LogP contribution in [0.5, 0.6) is 0 Å². The number of H-pyrrole nitrogens is 1. The molecule has 2 aromatic rings. The van der Waals surface area contributed by atoms with E-state index in [2.05, 4.69) is 9.88 Å². The third-order valence-electron chi connectivity index (χ3n) is 3.99. The fourth-order valence-electron chi connectivity index (χ4n) is 2.68. The minimum Gasteiger partial charge on any atom is -0.386 e. The number of carbonyl (C=O) groups is 1. The topological polar surface area (TPSA) is 76.6 Å². The van der Waals surface area contributed by atoms with Gasteiger partial charge in [-0.2, -0.15) is 0 Å². The summed E-state index contributed by atoms with van der Waals surface area (Å²) in [5.74, 6) is -0.0697. The number of thiophene rings is 1. The van der Waals surface area contributed by atoms with Crippen molar-refractivity contribution in [3.63, 3.8) is 0 Å². The number of β-amino-alcohol motifs (C(OH)–C–C–N with tert-alkyl or cyclic N) is 1. The standard InChI is InChI=1S/C16H19N3O3S/c20-13(14-2-1-9-23-14)11-18-5-7-19(8-6-18)16(22)12-3-4-15(21)17-10-12/h1-4,9-10,13,20H,5-8,11H2,(H,17,21). The van der Waals surface area contributed by atoms with Crippen molar-refractivity contribution in [1.29, 1.82) is 0 Å². The fourth-order valence-corrected chi connectivity index (χ4v) is 3.38. The first-order valence-electron chi connectivity index (χ1n) is 7.55. The highest BCUT2D eigenvalue weighted by Gasteiger charge is 2.24. The number of hydrogen-bond donors (Lipinski definition) is 2. The molecule has 122 valence electrons. The van der Waals surface area contributed by atoms with E-state index < -0.39 is 6.10 Å². The third-order valence-corrected chi connectivity index (χ3v) is 4.97. The van der Waals surface area contributed by atoms with E-state index in [-0.39, 0.29) is 11.5 Å². The maximum Gasteiger partial charge on any atom is 0.255 e. The van der Waals surface area contributed by atoms with Gasteiger partial charge in [0.15, 0.2) is 0 Å². The zero-order chi connectivity index (χ0) is 16.2. The molecule has 3 rings (SSSR count). The average Bonchev–Trinajstić information content (AvgIpc) is 3.10. The highest BCUT2D eigenvalue weighted by molar-refractivity contribution is 7.10. The molecule has 0 aliphatic carbocycles. The fraction of sp³-hybridized carbons (Fsp3) is 0.375. The number of piperazine rings is 1. The summed E-state index contributed by atoms with van der Waals surface area (Å²) in [4.78, 5) is 30.9. The maximum atomic E-state index is 12.4. The normalized spacial score (nSPS) is 17.2. The van der Waals surface area contributed by atoms with Gasteiger partial charge in [-0.15, -0.1) is 11.3 Å². The number of aromatic nitrogens is 1. The first-order valence-corrected chi connectivity index (χ1v) is 8.43. The Morgan fingerprint density at radius 2 is 2.04 bits per heavy atom. The van der Waals surface area contributed by atoms with E-state index >= 15 is 0 Å². The van der Waals surface area contributed by atoms with E-state index in [0.717, 1.165) is 18.0 Å². The van der Waals surface area contributed by atoms with Crippen molar-refractivity contribution in [2.45, 2.75) is 6.10 Å². The Labute approximate surface area is 138 Å². The number of aromatic amines is 1. The molecule has 1 amide bonds. The Hall–Kier alpha value is -1.96. The predicted molar refractivity (Wildman–Crippen MR) is 88.7 cm³/mol. The molecule has 0 spiro atoms. The van der Waals surface area contributed by atoms with Crippen LogP contribution in [-0.2, 0) is 0 Å². The molecule has 1 saturated heterocycles. The van der Waals surface area contributed by atoms with Gasteiger partial charge in [0.25, 0.3) is 5.91 Å². The number of aliphatic hydroxyl groups is 1.